The van der Waals surface area contributed by atoms with E-state index in [0.29, 0.717) is 21.8 Å². The van der Waals surface area contributed by atoms with Gasteiger partial charge in [-0.2, -0.15) is 0 Å². The second kappa shape index (κ2) is 8.92. The molecule has 1 heterocycles. The minimum atomic E-state index is -0.414. The molecule has 0 aliphatic carbocycles. The molecule has 3 aromatic carbocycles. The maximum absolute atomic E-state index is 14.2. The zero-order valence-electron chi connectivity index (χ0n) is 15.9. The Hall–Kier alpha value is -3.45. The summed E-state index contributed by atoms with van der Waals surface area (Å²) in [4.78, 5) is 8.50. The lowest BCUT2D eigenvalue weighted by molar-refractivity contribution is 0.631. The average molecular weight is 464 g/mol. The van der Waals surface area contributed by atoms with Crippen molar-refractivity contribution in [2.75, 3.05) is 16.4 Å². The van der Waals surface area contributed by atoms with Gasteiger partial charge in [-0.15, -0.1) is 0 Å². The Morgan fingerprint density at radius 1 is 0.833 bits per heavy atom. The number of hydrogen-bond acceptors (Lipinski definition) is 5. The van der Waals surface area contributed by atoms with E-state index in [2.05, 4.69) is 36.5 Å². The number of nitrogen functional groups attached to an aromatic ring is 1. The number of nitrogens with zero attached hydrogens (tertiary/aromatic N) is 2. The van der Waals surface area contributed by atoms with Gasteiger partial charge in [-0.25, -0.2) is 14.4 Å². The molecule has 150 valence electrons. The molecular weight excluding hydrogens is 445 g/mol. The fraction of sp³-hybridized carbons (Fsp3) is 0.0435. The number of nitrogens with two attached hydrogens (primary N) is 1. The van der Waals surface area contributed by atoms with Gasteiger partial charge in [0, 0.05) is 4.47 Å². The van der Waals surface area contributed by atoms with Crippen molar-refractivity contribution >= 4 is 38.9 Å². The van der Waals surface area contributed by atoms with E-state index in [-0.39, 0.29) is 11.7 Å². The van der Waals surface area contributed by atoms with Crippen molar-refractivity contribution in [3.63, 3.8) is 0 Å². The van der Waals surface area contributed by atoms with Crippen LogP contribution >= 0.6 is 15.9 Å². The van der Waals surface area contributed by atoms with E-state index in [0.717, 1.165) is 11.1 Å². The molecular formula is C23H19BrFN5. The zero-order valence-corrected chi connectivity index (χ0v) is 17.5. The Morgan fingerprint density at radius 2 is 1.43 bits per heavy atom. The molecule has 7 heteroatoms. The maximum Gasteiger partial charge on any atom is 0.159 e. The van der Waals surface area contributed by atoms with Crippen LogP contribution in [0.5, 0.6) is 0 Å². The summed E-state index contributed by atoms with van der Waals surface area (Å²) in [5, 5.41) is 6.36. The van der Waals surface area contributed by atoms with Gasteiger partial charge in [0.2, 0.25) is 0 Å². The molecule has 4 N–H and O–H groups in total. The Labute approximate surface area is 182 Å². The molecule has 0 saturated carbocycles. The van der Waals surface area contributed by atoms with Crippen LogP contribution in [0.1, 0.15) is 17.2 Å². The molecule has 4 aromatic rings. The van der Waals surface area contributed by atoms with Gasteiger partial charge in [0.05, 0.1) is 11.7 Å². The third-order valence-corrected chi connectivity index (χ3v) is 5.11. The number of anilines is 4. The van der Waals surface area contributed by atoms with E-state index >= 15 is 0 Å². The first kappa shape index (κ1) is 19.8. The van der Waals surface area contributed by atoms with Crippen LogP contribution in [0.3, 0.4) is 0 Å². The smallest absolute Gasteiger partial charge is 0.159 e. The van der Waals surface area contributed by atoms with Gasteiger partial charge >= 0.3 is 0 Å². The van der Waals surface area contributed by atoms with Gasteiger partial charge in [0.1, 0.15) is 17.8 Å². The Balaban J connectivity index is 1.67. The molecule has 0 spiro atoms. The van der Waals surface area contributed by atoms with Gasteiger partial charge in [0.25, 0.3) is 0 Å². The van der Waals surface area contributed by atoms with Crippen molar-refractivity contribution in [2.24, 2.45) is 0 Å². The second-order valence-corrected chi connectivity index (χ2v) is 7.55. The quantitative estimate of drug-likeness (QED) is 0.331. The zero-order chi connectivity index (χ0) is 20.9. The first-order valence-electron chi connectivity index (χ1n) is 9.31. The lowest BCUT2D eigenvalue weighted by Crippen LogP contribution is -2.15. The minimum absolute atomic E-state index is 0.165. The number of aromatic nitrogens is 2. The first-order valence-corrected chi connectivity index (χ1v) is 10.1. The van der Waals surface area contributed by atoms with Crippen molar-refractivity contribution in [1.82, 2.24) is 9.97 Å². The van der Waals surface area contributed by atoms with Crippen molar-refractivity contribution < 1.29 is 4.39 Å². The minimum Gasteiger partial charge on any atom is -0.393 e. The van der Waals surface area contributed by atoms with E-state index in [1.165, 1.54) is 12.4 Å². The maximum atomic E-state index is 14.2. The molecule has 0 atom stereocenters. The molecule has 0 radical (unpaired) electrons. The lowest BCUT2D eigenvalue weighted by atomic mass is 9.99. The molecule has 0 bridgehead atoms. The summed E-state index contributed by atoms with van der Waals surface area (Å²) < 4.78 is 14.9. The highest BCUT2D eigenvalue weighted by atomic mass is 79.9. The largest absolute Gasteiger partial charge is 0.393 e. The molecule has 0 unspecified atom stereocenters. The van der Waals surface area contributed by atoms with Gasteiger partial charge in [0.15, 0.2) is 11.6 Å². The van der Waals surface area contributed by atoms with Gasteiger partial charge in [-0.1, -0.05) is 76.6 Å². The fourth-order valence-electron chi connectivity index (χ4n) is 3.12. The predicted octanol–water partition coefficient (Wildman–Crippen LogP) is 5.91. The number of benzene rings is 3. The van der Waals surface area contributed by atoms with Crippen LogP contribution in [0.15, 0.2) is 89.7 Å². The van der Waals surface area contributed by atoms with Crippen LogP contribution in [0, 0.1) is 5.82 Å². The number of halogens is 2. The van der Waals surface area contributed by atoms with Crippen LogP contribution < -0.4 is 16.4 Å². The normalized spacial score (nSPS) is 10.8. The molecule has 0 aliphatic rings. The number of rotatable bonds is 6. The van der Waals surface area contributed by atoms with Crippen LogP contribution in [0.4, 0.5) is 27.4 Å². The topological polar surface area (TPSA) is 75.9 Å². The third-order valence-electron chi connectivity index (χ3n) is 4.61. The first-order chi connectivity index (χ1) is 14.6. The highest BCUT2D eigenvalue weighted by Gasteiger charge is 2.18. The van der Waals surface area contributed by atoms with Crippen LogP contribution in [0.25, 0.3) is 0 Å². The summed E-state index contributed by atoms with van der Waals surface area (Å²) in [6.45, 7) is 0. The number of nitrogens with one attached hydrogen (secondary N) is 2. The third kappa shape index (κ3) is 4.41. The van der Waals surface area contributed by atoms with E-state index in [4.69, 9.17) is 5.73 Å². The van der Waals surface area contributed by atoms with E-state index in [1.54, 1.807) is 12.1 Å². The second-order valence-electron chi connectivity index (χ2n) is 6.63. The van der Waals surface area contributed by atoms with Crippen LogP contribution in [-0.2, 0) is 0 Å². The molecule has 0 fully saturated rings. The van der Waals surface area contributed by atoms with Crippen molar-refractivity contribution in [2.45, 2.75) is 6.04 Å². The molecule has 4 rings (SSSR count). The summed E-state index contributed by atoms with van der Waals surface area (Å²) in [5.41, 5.74) is 9.04. The summed E-state index contributed by atoms with van der Waals surface area (Å²) >= 11 is 3.25. The van der Waals surface area contributed by atoms with E-state index in [9.17, 15) is 4.39 Å². The summed E-state index contributed by atoms with van der Waals surface area (Å²) in [5.74, 6) is 0.375. The van der Waals surface area contributed by atoms with Crippen LogP contribution in [0.2, 0.25) is 0 Å². The molecule has 1 aromatic heterocycles. The van der Waals surface area contributed by atoms with E-state index in [1.807, 2.05) is 60.7 Å². The standard InChI is InChI=1S/C23H19BrFN5/c24-17-11-12-19(18(25)13-17)29-22-20(26)23(28-14-27-22)30-21(15-7-3-1-4-8-15)16-9-5-2-6-10-16/h1-14,21H,26H2,(H2,27,28,29,30). The van der Waals surface area contributed by atoms with E-state index < -0.39 is 5.82 Å². The van der Waals surface area contributed by atoms with Gasteiger partial charge in [-0.3, -0.25) is 0 Å². The highest BCUT2D eigenvalue weighted by molar-refractivity contribution is 9.10. The fourth-order valence-corrected chi connectivity index (χ4v) is 3.45. The van der Waals surface area contributed by atoms with Crippen molar-refractivity contribution in [1.29, 1.82) is 0 Å². The lowest BCUT2D eigenvalue weighted by Gasteiger charge is -2.22. The van der Waals surface area contributed by atoms with Crippen LogP contribution in [-0.4, -0.2) is 9.97 Å². The van der Waals surface area contributed by atoms with Crippen molar-refractivity contribution in [3.05, 3.63) is 107 Å². The molecule has 30 heavy (non-hydrogen) atoms. The molecule has 0 amide bonds. The average Bonchev–Trinajstić information content (AvgIpc) is 2.77. The predicted molar refractivity (Wildman–Crippen MR) is 122 cm³/mol. The summed E-state index contributed by atoms with van der Waals surface area (Å²) in [7, 11) is 0. The Bertz CT molecular complexity index is 1100. The molecule has 0 saturated heterocycles. The molecule has 5 nitrogen and oxygen atoms in total. The van der Waals surface area contributed by atoms with Gasteiger partial charge in [-0.05, 0) is 29.3 Å². The van der Waals surface area contributed by atoms with Crippen molar-refractivity contribution in [3.8, 4) is 0 Å². The van der Waals surface area contributed by atoms with Gasteiger partial charge < -0.3 is 16.4 Å². The SMILES string of the molecule is Nc1c(Nc2ccc(Br)cc2F)ncnc1NC(c1ccccc1)c1ccccc1. The number of hydrogen-bond donors (Lipinski definition) is 3. The monoisotopic (exact) mass is 463 g/mol. The Kier molecular flexibility index (Phi) is 5.90. The Morgan fingerprint density at radius 3 is 2.03 bits per heavy atom. The highest BCUT2D eigenvalue weighted by Crippen LogP contribution is 2.32. The molecule has 0 aliphatic heterocycles. The summed E-state index contributed by atoms with van der Waals surface area (Å²) in [6.07, 6.45) is 1.39. The summed E-state index contributed by atoms with van der Waals surface area (Å²) in [6, 6.07) is 24.6.